The molecular formula is C32H64O2. The van der Waals surface area contributed by atoms with Crippen LogP contribution in [0.2, 0.25) is 0 Å². The number of hydrogen-bond donors (Lipinski definition) is 0. The SMILES string of the molecule is CCCCCCCCCCCCC(CCC)COC(=O)C(C)CCCCCCCCCCCC. The molecule has 0 aromatic carbocycles. The topological polar surface area (TPSA) is 26.3 Å². The quantitative estimate of drug-likeness (QED) is 0.0862. The lowest BCUT2D eigenvalue weighted by Crippen LogP contribution is -2.19. The average Bonchev–Trinajstić information content (AvgIpc) is 2.84. The highest BCUT2D eigenvalue weighted by atomic mass is 16.5. The molecule has 0 aromatic rings. The summed E-state index contributed by atoms with van der Waals surface area (Å²) in [5.74, 6) is 0.668. The zero-order valence-corrected chi connectivity index (χ0v) is 24.1. The molecule has 0 bridgehead atoms. The first-order valence-electron chi connectivity index (χ1n) is 15.8. The molecule has 0 saturated carbocycles. The molecule has 0 N–H and O–H groups in total. The summed E-state index contributed by atoms with van der Waals surface area (Å²) < 4.78 is 5.76. The first kappa shape index (κ1) is 33.5. The minimum absolute atomic E-state index is 0.0418. The van der Waals surface area contributed by atoms with Gasteiger partial charge in [-0.15, -0.1) is 0 Å². The summed E-state index contributed by atoms with van der Waals surface area (Å²) in [6, 6.07) is 0. The second kappa shape index (κ2) is 27.1. The van der Waals surface area contributed by atoms with Gasteiger partial charge in [0, 0.05) is 0 Å². The lowest BCUT2D eigenvalue weighted by Gasteiger charge is -2.18. The maximum atomic E-state index is 12.5. The van der Waals surface area contributed by atoms with Crippen LogP contribution >= 0.6 is 0 Å². The van der Waals surface area contributed by atoms with E-state index in [1.807, 2.05) is 0 Å². The van der Waals surface area contributed by atoms with Crippen molar-refractivity contribution in [1.29, 1.82) is 0 Å². The van der Waals surface area contributed by atoms with Crippen LogP contribution in [0.5, 0.6) is 0 Å². The van der Waals surface area contributed by atoms with Gasteiger partial charge in [-0.1, -0.05) is 163 Å². The van der Waals surface area contributed by atoms with Crippen molar-refractivity contribution < 1.29 is 9.53 Å². The molecule has 2 heteroatoms. The predicted molar refractivity (Wildman–Crippen MR) is 151 cm³/mol. The molecule has 0 spiro atoms. The Hall–Kier alpha value is -0.530. The lowest BCUT2D eigenvalue weighted by atomic mass is 9.96. The number of unbranched alkanes of at least 4 members (excludes halogenated alkanes) is 18. The smallest absolute Gasteiger partial charge is 0.308 e. The second-order valence-corrected chi connectivity index (χ2v) is 11.1. The Morgan fingerprint density at radius 3 is 1.29 bits per heavy atom. The highest BCUT2D eigenvalue weighted by molar-refractivity contribution is 5.71. The molecule has 0 fully saturated rings. The van der Waals surface area contributed by atoms with Crippen molar-refractivity contribution in [1.82, 2.24) is 0 Å². The summed E-state index contributed by atoms with van der Waals surface area (Å²) in [4.78, 5) is 12.5. The van der Waals surface area contributed by atoms with E-state index in [2.05, 4.69) is 27.7 Å². The van der Waals surface area contributed by atoms with Crippen LogP contribution in [0.25, 0.3) is 0 Å². The van der Waals surface area contributed by atoms with Gasteiger partial charge in [0.25, 0.3) is 0 Å². The van der Waals surface area contributed by atoms with Crippen LogP contribution in [-0.4, -0.2) is 12.6 Å². The molecule has 0 aliphatic carbocycles. The zero-order valence-electron chi connectivity index (χ0n) is 24.1. The molecule has 2 atom stereocenters. The van der Waals surface area contributed by atoms with Gasteiger partial charge in [-0.2, -0.15) is 0 Å². The van der Waals surface area contributed by atoms with E-state index in [0.717, 1.165) is 6.42 Å². The van der Waals surface area contributed by atoms with Crippen LogP contribution < -0.4 is 0 Å². The van der Waals surface area contributed by atoms with Crippen LogP contribution in [0.1, 0.15) is 182 Å². The van der Waals surface area contributed by atoms with Crippen molar-refractivity contribution >= 4 is 5.97 Å². The first-order chi connectivity index (χ1) is 16.7. The Morgan fingerprint density at radius 1 is 0.500 bits per heavy atom. The monoisotopic (exact) mass is 480 g/mol. The molecule has 0 radical (unpaired) electrons. The summed E-state index contributed by atoms with van der Waals surface area (Å²) in [5, 5.41) is 0. The molecule has 2 unspecified atom stereocenters. The fourth-order valence-electron chi connectivity index (χ4n) is 5.04. The van der Waals surface area contributed by atoms with Crippen molar-refractivity contribution in [3.63, 3.8) is 0 Å². The van der Waals surface area contributed by atoms with E-state index in [0.29, 0.717) is 12.5 Å². The summed E-state index contributed by atoms with van der Waals surface area (Å²) >= 11 is 0. The van der Waals surface area contributed by atoms with Crippen molar-refractivity contribution in [2.45, 2.75) is 182 Å². The molecule has 0 aromatic heterocycles. The minimum Gasteiger partial charge on any atom is -0.465 e. The standard InChI is InChI=1S/C32H64O2/c1-5-8-10-12-14-16-18-20-22-24-27-30(4)32(33)34-29-31(26-7-3)28-25-23-21-19-17-15-13-11-9-6-2/h30-31H,5-29H2,1-4H3. The molecule has 0 amide bonds. The Kier molecular flexibility index (Phi) is 26.6. The molecular weight excluding hydrogens is 416 g/mol. The fraction of sp³-hybridized carbons (Fsp3) is 0.969. The van der Waals surface area contributed by atoms with Gasteiger partial charge in [0.1, 0.15) is 0 Å². The molecule has 0 aliphatic heterocycles. The van der Waals surface area contributed by atoms with E-state index in [-0.39, 0.29) is 11.9 Å². The molecule has 34 heavy (non-hydrogen) atoms. The summed E-state index contributed by atoms with van der Waals surface area (Å²) in [6.45, 7) is 9.52. The Labute approximate surface area is 215 Å². The van der Waals surface area contributed by atoms with Crippen LogP contribution in [0.15, 0.2) is 0 Å². The maximum absolute atomic E-state index is 12.5. The Balaban J connectivity index is 3.71. The van der Waals surface area contributed by atoms with E-state index in [4.69, 9.17) is 4.74 Å². The van der Waals surface area contributed by atoms with Crippen molar-refractivity contribution in [3.05, 3.63) is 0 Å². The molecule has 0 aliphatic rings. The van der Waals surface area contributed by atoms with Gasteiger partial charge >= 0.3 is 5.97 Å². The predicted octanol–water partition coefficient (Wildman–Crippen LogP) is 11.2. The van der Waals surface area contributed by atoms with Crippen LogP contribution in [-0.2, 0) is 9.53 Å². The fourth-order valence-corrected chi connectivity index (χ4v) is 5.04. The third-order valence-corrected chi connectivity index (χ3v) is 7.52. The summed E-state index contributed by atoms with van der Waals surface area (Å²) in [6.07, 6.45) is 31.9. The molecule has 0 saturated heterocycles. The van der Waals surface area contributed by atoms with Crippen LogP contribution in [0.4, 0.5) is 0 Å². The van der Waals surface area contributed by atoms with E-state index >= 15 is 0 Å². The minimum atomic E-state index is 0.0418. The summed E-state index contributed by atoms with van der Waals surface area (Å²) in [7, 11) is 0. The third-order valence-electron chi connectivity index (χ3n) is 7.52. The molecule has 2 nitrogen and oxygen atoms in total. The van der Waals surface area contributed by atoms with Crippen LogP contribution in [0, 0.1) is 11.8 Å². The number of carbonyl (C=O) groups is 1. The first-order valence-corrected chi connectivity index (χ1v) is 15.8. The highest BCUT2D eigenvalue weighted by Crippen LogP contribution is 2.20. The summed E-state index contributed by atoms with van der Waals surface area (Å²) in [5.41, 5.74) is 0. The second-order valence-electron chi connectivity index (χ2n) is 11.1. The largest absolute Gasteiger partial charge is 0.465 e. The van der Waals surface area contributed by atoms with Gasteiger partial charge in [0.15, 0.2) is 0 Å². The van der Waals surface area contributed by atoms with E-state index < -0.39 is 0 Å². The van der Waals surface area contributed by atoms with Crippen molar-refractivity contribution in [3.8, 4) is 0 Å². The average molecular weight is 481 g/mol. The number of rotatable bonds is 27. The molecule has 204 valence electrons. The van der Waals surface area contributed by atoms with Gasteiger partial charge in [0.2, 0.25) is 0 Å². The normalized spacial score (nSPS) is 13.2. The van der Waals surface area contributed by atoms with Gasteiger partial charge in [-0.3, -0.25) is 4.79 Å². The van der Waals surface area contributed by atoms with Gasteiger partial charge in [-0.25, -0.2) is 0 Å². The van der Waals surface area contributed by atoms with Gasteiger partial charge < -0.3 is 4.74 Å². The van der Waals surface area contributed by atoms with E-state index in [1.165, 1.54) is 148 Å². The maximum Gasteiger partial charge on any atom is 0.308 e. The lowest BCUT2D eigenvalue weighted by molar-refractivity contribution is -0.149. The Morgan fingerprint density at radius 2 is 0.882 bits per heavy atom. The zero-order chi connectivity index (χ0) is 25.1. The van der Waals surface area contributed by atoms with Gasteiger partial charge in [-0.05, 0) is 25.2 Å². The van der Waals surface area contributed by atoms with Crippen molar-refractivity contribution in [2.75, 3.05) is 6.61 Å². The van der Waals surface area contributed by atoms with E-state index in [9.17, 15) is 4.79 Å². The van der Waals surface area contributed by atoms with Crippen LogP contribution in [0.3, 0.4) is 0 Å². The van der Waals surface area contributed by atoms with Crippen molar-refractivity contribution in [2.24, 2.45) is 11.8 Å². The van der Waals surface area contributed by atoms with E-state index in [1.54, 1.807) is 0 Å². The molecule has 0 heterocycles. The number of hydrogen-bond acceptors (Lipinski definition) is 2. The number of ether oxygens (including phenoxy) is 1. The highest BCUT2D eigenvalue weighted by Gasteiger charge is 2.16. The van der Waals surface area contributed by atoms with Gasteiger partial charge in [0.05, 0.1) is 12.5 Å². The number of carbonyl (C=O) groups excluding carboxylic acids is 1. The number of esters is 1. The third kappa shape index (κ3) is 23.2. The Bertz CT molecular complexity index is 406. The molecule has 0 rings (SSSR count).